The highest BCUT2D eigenvalue weighted by Gasteiger charge is 2.56. The van der Waals surface area contributed by atoms with Gasteiger partial charge in [-0.1, -0.05) is 48.3 Å². The van der Waals surface area contributed by atoms with E-state index in [1.807, 2.05) is 11.0 Å². The number of carbonyl (C=O) groups is 1. The Morgan fingerprint density at radius 2 is 2.21 bits per heavy atom. The van der Waals surface area contributed by atoms with E-state index in [1.54, 1.807) is 6.92 Å². The van der Waals surface area contributed by atoms with E-state index >= 15 is 0 Å². The quantitative estimate of drug-likeness (QED) is 0.941. The monoisotopic (exact) mass is 326 g/mol. The van der Waals surface area contributed by atoms with Gasteiger partial charge in [0.05, 0.1) is 12.1 Å². The molecule has 1 aromatic carbocycles. The Kier molecular flexibility index (Phi) is 3.75. The van der Waals surface area contributed by atoms with Gasteiger partial charge in [0.1, 0.15) is 0 Å². The summed E-state index contributed by atoms with van der Waals surface area (Å²) in [6.07, 6.45) is 4.66. The number of benzene rings is 1. The zero-order valence-corrected chi connectivity index (χ0v) is 13.9. The second-order valence-electron chi connectivity index (χ2n) is 6.73. The minimum Gasteiger partial charge on any atom is -0.340 e. The van der Waals surface area contributed by atoms with E-state index in [0.29, 0.717) is 24.2 Å². The Morgan fingerprint density at radius 1 is 1.38 bits per heavy atom. The van der Waals surface area contributed by atoms with Crippen LogP contribution in [0.25, 0.3) is 0 Å². The fourth-order valence-electron chi connectivity index (χ4n) is 4.29. The first kappa shape index (κ1) is 15.2. The molecule has 1 aliphatic carbocycles. The number of urea groups is 1. The number of fused-ring (bicyclic) bond motifs is 1. The molecule has 0 unspecified atom stereocenters. The number of nitrogens with zero attached hydrogens (tertiary/aromatic N) is 3. The number of aromatic nitrogens is 2. The maximum atomic E-state index is 12.8. The Bertz CT molecular complexity index is 730. The summed E-state index contributed by atoms with van der Waals surface area (Å²) in [5.41, 5.74) is 1.11. The summed E-state index contributed by atoms with van der Waals surface area (Å²) in [5.74, 6) is 1.58. The van der Waals surface area contributed by atoms with Crippen LogP contribution in [-0.2, 0) is 12.1 Å². The molecule has 1 saturated carbocycles. The number of hydrogen-bond acceptors (Lipinski definition) is 4. The second kappa shape index (κ2) is 5.92. The van der Waals surface area contributed by atoms with Gasteiger partial charge in [-0.25, -0.2) is 4.79 Å². The molecule has 0 bridgehead atoms. The van der Waals surface area contributed by atoms with Crippen LogP contribution in [0.15, 0.2) is 34.9 Å². The van der Waals surface area contributed by atoms with E-state index in [-0.39, 0.29) is 11.6 Å². The average Bonchev–Trinajstić information content (AvgIpc) is 3.00. The molecular weight excluding hydrogens is 304 g/mol. The fraction of sp³-hybridized carbons (Fsp3) is 0.500. The van der Waals surface area contributed by atoms with E-state index in [4.69, 9.17) is 4.52 Å². The van der Waals surface area contributed by atoms with Gasteiger partial charge in [0.2, 0.25) is 5.89 Å². The third-order valence-electron chi connectivity index (χ3n) is 5.41. The maximum Gasteiger partial charge on any atom is 0.318 e. The summed E-state index contributed by atoms with van der Waals surface area (Å²) in [4.78, 5) is 18.9. The summed E-state index contributed by atoms with van der Waals surface area (Å²) in [7, 11) is 0. The number of aryl methyl sites for hydroxylation is 1. The molecule has 1 N–H and O–H groups in total. The second-order valence-corrected chi connectivity index (χ2v) is 6.73. The van der Waals surface area contributed by atoms with Gasteiger partial charge in [0, 0.05) is 19.4 Å². The largest absolute Gasteiger partial charge is 0.340 e. The van der Waals surface area contributed by atoms with Crippen LogP contribution in [0, 0.1) is 12.8 Å². The third kappa shape index (κ3) is 2.37. The first-order chi connectivity index (χ1) is 11.7. The SMILES string of the molecule is Cc1nc(CNC(=O)N2C[C@H]3CCCC[C@]32c2ccccc2)no1. The van der Waals surface area contributed by atoms with Crippen molar-refractivity contribution < 1.29 is 9.32 Å². The van der Waals surface area contributed by atoms with Crippen LogP contribution in [0.1, 0.15) is 43.0 Å². The molecule has 2 fully saturated rings. The highest BCUT2D eigenvalue weighted by Crippen LogP contribution is 2.53. The predicted molar refractivity (Wildman–Crippen MR) is 88.1 cm³/mol. The zero-order valence-electron chi connectivity index (χ0n) is 13.9. The zero-order chi connectivity index (χ0) is 16.6. The molecule has 6 nitrogen and oxygen atoms in total. The molecule has 4 rings (SSSR count). The van der Waals surface area contributed by atoms with Gasteiger partial charge >= 0.3 is 6.03 Å². The summed E-state index contributed by atoms with van der Waals surface area (Å²) < 4.78 is 4.95. The van der Waals surface area contributed by atoms with Gasteiger partial charge in [0.25, 0.3) is 0 Å². The molecule has 6 heteroatoms. The van der Waals surface area contributed by atoms with Gasteiger partial charge in [-0.3, -0.25) is 0 Å². The van der Waals surface area contributed by atoms with Crippen molar-refractivity contribution in [3.8, 4) is 0 Å². The third-order valence-corrected chi connectivity index (χ3v) is 5.41. The summed E-state index contributed by atoms with van der Waals surface area (Å²) in [5, 5.41) is 6.77. The Hall–Kier alpha value is -2.37. The van der Waals surface area contributed by atoms with Crippen molar-refractivity contribution in [2.75, 3.05) is 6.54 Å². The smallest absolute Gasteiger partial charge is 0.318 e. The highest BCUT2D eigenvalue weighted by molar-refractivity contribution is 5.76. The molecular formula is C18H22N4O2. The lowest BCUT2D eigenvalue weighted by Gasteiger charge is -2.61. The lowest BCUT2D eigenvalue weighted by atomic mass is 9.62. The average molecular weight is 326 g/mol. The van der Waals surface area contributed by atoms with Crippen LogP contribution < -0.4 is 5.32 Å². The lowest BCUT2D eigenvalue weighted by molar-refractivity contribution is -0.0794. The van der Waals surface area contributed by atoms with E-state index < -0.39 is 0 Å². The Morgan fingerprint density at radius 3 is 2.92 bits per heavy atom. The van der Waals surface area contributed by atoms with Crippen LogP contribution in [0.5, 0.6) is 0 Å². The van der Waals surface area contributed by atoms with Crippen LogP contribution in [-0.4, -0.2) is 27.6 Å². The van der Waals surface area contributed by atoms with Gasteiger partial charge in [0.15, 0.2) is 5.82 Å². The Labute approximate surface area is 141 Å². The van der Waals surface area contributed by atoms with E-state index in [0.717, 1.165) is 13.0 Å². The van der Waals surface area contributed by atoms with Crippen LogP contribution in [0.4, 0.5) is 4.79 Å². The highest BCUT2D eigenvalue weighted by atomic mass is 16.5. The first-order valence-electron chi connectivity index (χ1n) is 8.60. The summed E-state index contributed by atoms with van der Waals surface area (Å²) in [6.45, 7) is 2.86. The van der Waals surface area contributed by atoms with Gasteiger partial charge in [-0.2, -0.15) is 4.98 Å². The molecule has 1 aromatic heterocycles. The van der Waals surface area contributed by atoms with E-state index in [2.05, 4.69) is 39.7 Å². The standard InChI is InChI=1S/C18H22N4O2/c1-13-20-16(21-24-13)11-19-17(23)22-12-15-9-5-6-10-18(15,22)14-7-3-2-4-8-14/h2-4,7-8,15H,5-6,9-12H2,1H3,(H,19,23)/t15-,18+/m1/s1. The Balaban J connectivity index is 1.52. The molecule has 1 saturated heterocycles. The lowest BCUT2D eigenvalue weighted by Crippen LogP contribution is -2.69. The van der Waals surface area contributed by atoms with Crippen molar-refractivity contribution in [1.82, 2.24) is 20.4 Å². The molecule has 2 heterocycles. The number of likely N-dealkylation sites (tertiary alicyclic amines) is 1. The van der Waals surface area contributed by atoms with Crippen LogP contribution >= 0.6 is 0 Å². The number of hydrogen-bond donors (Lipinski definition) is 1. The molecule has 24 heavy (non-hydrogen) atoms. The molecule has 2 amide bonds. The molecule has 0 radical (unpaired) electrons. The topological polar surface area (TPSA) is 71.3 Å². The number of nitrogens with one attached hydrogen (secondary N) is 1. The fourth-order valence-corrected chi connectivity index (χ4v) is 4.29. The number of rotatable bonds is 3. The predicted octanol–water partition coefficient (Wildman–Crippen LogP) is 2.99. The summed E-state index contributed by atoms with van der Waals surface area (Å²) in [6, 6.07) is 10.4. The summed E-state index contributed by atoms with van der Waals surface area (Å²) >= 11 is 0. The maximum absolute atomic E-state index is 12.8. The van der Waals surface area contributed by atoms with E-state index in [9.17, 15) is 4.79 Å². The molecule has 1 aliphatic heterocycles. The molecule has 2 aromatic rings. The van der Waals surface area contributed by atoms with Crippen LogP contribution in [0.2, 0.25) is 0 Å². The molecule has 2 atom stereocenters. The number of carbonyl (C=O) groups excluding carboxylic acids is 1. The first-order valence-corrected chi connectivity index (χ1v) is 8.60. The van der Waals surface area contributed by atoms with Crippen LogP contribution in [0.3, 0.4) is 0 Å². The normalized spacial score (nSPS) is 25.7. The van der Waals surface area contributed by atoms with Crippen molar-refractivity contribution in [3.63, 3.8) is 0 Å². The van der Waals surface area contributed by atoms with Crippen molar-refractivity contribution >= 4 is 6.03 Å². The van der Waals surface area contributed by atoms with Crippen molar-refractivity contribution in [2.45, 2.75) is 44.7 Å². The van der Waals surface area contributed by atoms with Crippen molar-refractivity contribution in [1.29, 1.82) is 0 Å². The van der Waals surface area contributed by atoms with Crippen molar-refractivity contribution in [3.05, 3.63) is 47.6 Å². The van der Waals surface area contributed by atoms with Gasteiger partial charge < -0.3 is 14.7 Å². The molecule has 126 valence electrons. The van der Waals surface area contributed by atoms with E-state index in [1.165, 1.54) is 24.8 Å². The number of amides is 2. The van der Waals surface area contributed by atoms with Gasteiger partial charge in [-0.15, -0.1) is 0 Å². The minimum atomic E-state index is -0.142. The molecule has 2 aliphatic rings. The van der Waals surface area contributed by atoms with Gasteiger partial charge in [-0.05, 0) is 18.4 Å². The minimum absolute atomic E-state index is 0.0422. The molecule has 0 spiro atoms. The van der Waals surface area contributed by atoms with Crippen molar-refractivity contribution in [2.24, 2.45) is 5.92 Å².